The zero-order valence-electron chi connectivity index (χ0n) is 26.1. The van der Waals surface area contributed by atoms with E-state index >= 15 is 0 Å². The van der Waals surface area contributed by atoms with Crippen LogP contribution in [0.15, 0.2) is 42.5 Å². The largest absolute Gasteiger partial charge is 0.480 e. The molecule has 6 heteroatoms. The highest BCUT2D eigenvalue weighted by Gasteiger charge is 2.27. The van der Waals surface area contributed by atoms with E-state index in [1.165, 1.54) is 82.6 Å². The first-order valence-corrected chi connectivity index (χ1v) is 17.7. The Bertz CT molecular complexity index is 1140. The number of aryl methyl sites for hydroxylation is 1. The van der Waals surface area contributed by atoms with Crippen molar-refractivity contribution < 1.29 is 14.7 Å². The Hall–Kier alpha value is -2.31. The SMILES string of the molecule is CSCCC(NC(=O)c1ccc(CN(C)C(CC2CCCCC2)CC2CCCCC2)cc1-c1ccccc1C)C(=O)O. The zero-order valence-corrected chi connectivity index (χ0v) is 26.9. The number of carboxylic acids is 1. The van der Waals surface area contributed by atoms with Crippen LogP contribution < -0.4 is 5.32 Å². The van der Waals surface area contributed by atoms with Gasteiger partial charge >= 0.3 is 5.97 Å². The molecule has 0 bridgehead atoms. The number of hydrogen-bond donors (Lipinski definition) is 2. The van der Waals surface area contributed by atoms with E-state index in [-0.39, 0.29) is 5.91 Å². The molecule has 1 amide bonds. The van der Waals surface area contributed by atoms with Crippen LogP contribution in [0.4, 0.5) is 0 Å². The highest BCUT2D eigenvalue weighted by atomic mass is 32.2. The summed E-state index contributed by atoms with van der Waals surface area (Å²) in [7, 11) is 2.30. The summed E-state index contributed by atoms with van der Waals surface area (Å²) in [5.74, 6) is 1.05. The Morgan fingerprint density at radius 2 is 1.55 bits per heavy atom. The van der Waals surface area contributed by atoms with Crippen LogP contribution in [-0.4, -0.2) is 53.0 Å². The Balaban J connectivity index is 1.58. The van der Waals surface area contributed by atoms with Gasteiger partial charge in [-0.1, -0.05) is 94.5 Å². The topological polar surface area (TPSA) is 69.6 Å². The minimum Gasteiger partial charge on any atom is -0.480 e. The maximum Gasteiger partial charge on any atom is 0.326 e. The molecule has 0 aromatic heterocycles. The van der Waals surface area contributed by atoms with Gasteiger partial charge in [0.15, 0.2) is 0 Å². The minimum atomic E-state index is -0.991. The van der Waals surface area contributed by atoms with Gasteiger partial charge in [0, 0.05) is 18.2 Å². The maximum absolute atomic E-state index is 13.5. The molecular formula is C36H52N2O3S. The van der Waals surface area contributed by atoms with Gasteiger partial charge in [-0.3, -0.25) is 9.69 Å². The Kier molecular flexibility index (Phi) is 12.8. The Morgan fingerprint density at radius 1 is 0.929 bits per heavy atom. The standard InChI is InChI=1S/C36H52N2O3S/c1-26-12-10-11-17-31(26)33-24-29(18-19-32(33)35(39)37-34(36(40)41)20-21-42-3)25-38(2)30(22-27-13-6-4-7-14-27)23-28-15-8-5-9-16-28/h10-12,17-19,24,27-28,30,34H,4-9,13-16,20-23,25H2,1-3H3,(H,37,39)(H,40,41). The molecule has 2 N–H and O–H groups in total. The summed E-state index contributed by atoms with van der Waals surface area (Å²) in [6, 6.07) is 14.0. The fourth-order valence-electron chi connectivity index (χ4n) is 7.20. The second-order valence-electron chi connectivity index (χ2n) is 12.9. The molecule has 2 fully saturated rings. The number of carbonyl (C=O) groups excluding carboxylic acids is 1. The molecule has 5 nitrogen and oxygen atoms in total. The molecule has 0 radical (unpaired) electrons. The maximum atomic E-state index is 13.5. The van der Waals surface area contributed by atoms with E-state index in [1.54, 1.807) is 11.8 Å². The molecule has 2 aliphatic rings. The first kappa shape index (κ1) is 32.6. The smallest absolute Gasteiger partial charge is 0.326 e. The number of amides is 1. The van der Waals surface area contributed by atoms with Crippen LogP contribution in [0.5, 0.6) is 0 Å². The molecule has 0 aliphatic heterocycles. The van der Waals surface area contributed by atoms with E-state index in [4.69, 9.17) is 0 Å². The van der Waals surface area contributed by atoms with E-state index in [2.05, 4.69) is 48.5 Å². The monoisotopic (exact) mass is 592 g/mol. The van der Waals surface area contributed by atoms with Crippen LogP contribution in [0.3, 0.4) is 0 Å². The van der Waals surface area contributed by atoms with Crippen molar-refractivity contribution in [1.29, 1.82) is 0 Å². The van der Waals surface area contributed by atoms with Crippen LogP contribution in [0.25, 0.3) is 11.1 Å². The quantitative estimate of drug-likeness (QED) is 0.231. The summed E-state index contributed by atoms with van der Waals surface area (Å²) in [5.41, 5.74) is 4.72. The van der Waals surface area contributed by atoms with Gasteiger partial charge in [0.25, 0.3) is 5.91 Å². The van der Waals surface area contributed by atoms with Gasteiger partial charge in [0.1, 0.15) is 6.04 Å². The molecule has 0 spiro atoms. The number of hydrogen-bond acceptors (Lipinski definition) is 4. The van der Waals surface area contributed by atoms with Crippen LogP contribution in [0.1, 0.15) is 105 Å². The Labute approximate surface area is 258 Å². The first-order chi connectivity index (χ1) is 20.4. The average molecular weight is 593 g/mol. The summed E-state index contributed by atoms with van der Waals surface area (Å²) in [5, 5.41) is 12.5. The van der Waals surface area contributed by atoms with Gasteiger partial charge in [0.05, 0.1) is 0 Å². The molecule has 42 heavy (non-hydrogen) atoms. The van der Waals surface area contributed by atoms with Crippen molar-refractivity contribution in [1.82, 2.24) is 10.2 Å². The summed E-state index contributed by atoms with van der Waals surface area (Å²) < 4.78 is 0. The van der Waals surface area contributed by atoms with Crippen molar-refractivity contribution >= 4 is 23.6 Å². The molecule has 2 aromatic rings. The molecule has 2 saturated carbocycles. The molecule has 0 heterocycles. The van der Waals surface area contributed by atoms with Gasteiger partial charge in [-0.05, 0) is 91.5 Å². The van der Waals surface area contributed by atoms with Crippen LogP contribution in [0, 0.1) is 18.8 Å². The summed E-state index contributed by atoms with van der Waals surface area (Å²) in [4.78, 5) is 28.0. The zero-order chi connectivity index (χ0) is 29.9. The second-order valence-corrected chi connectivity index (χ2v) is 13.9. The molecule has 230 valence electrons. The van der Waals surface area contributed by atoms with E-state index < -0.39 is 12.0 Å². The number of nitrogens with one attached hydrogen (secondary N) is 1. The number of thioether (sulfide) groups is 1. The van der Waals surface area contributed by atoms with E-state index in [9.17, 15) is 14.7 Å². The predicted molar refractivity (Wildman–Crippen MR) is 176 cm³/mol. The molecule has 0 saturated heterocycles. The van der Waals surface area contributed by atoms with Crippen LogP contribution in [0.2, 0.25) is 0 Å². The van der Waals surface area contributed by atoms with E-state index in [0.717, 1.165) is 35.1 Å². The average Bonchev–Trinajstić information content (AvgIpc) is 3.00. The van der Waals surface area contributed by atoms with Crippen molar-refractivity contribution in [3.63, 3.8) is 0 Å². The minimum absolute atomic E-state index is 0.325. The number of nitrogens with zero attached hydrogens (tertiary/aromatic N) is 1. The van der Waals surface area contributed by atoms with Gasteiger partial charge in [-0.2, -0.15) is 11.8 Å². The number of benzene rings is 2. The number of carbonyl (C=O) groups is 2. The van der Waals surface area contributed by atoms with Crippen molar-refractivity contribution in [2.75, 3.05) is 19.1 Å². The predicted octanol–water partition coefficient (Wildman–Crippen LogP) is 8.34. The molecule has 1 unspecified atom stereocenters. The first-order valence-electron chi connectivity index (χ1n) is 16.3. The van der Waals surface area contributed by atoms with E-state index in [1.807, 2.05) is 24.5 Å². The lowest BCUT2D eigenvalue weighted by Gasteiger charge is -2.36. The van der Waals surface area contributed by atoms with Gasteiger partial charge in [-0.25, -0.2) is 4.79 Å². The third-order valence-corrected chi connectivity index (χ3v) is 10.3. The molecule has 4 rings (SSSR count). The normalized spacial score (nSPS) is 17.5. The third-order valence-electron chi connectivity index (χ3n) is 9.69. The molecule has 2 aliphatic carbocycles. The van der Waals surface area contributed by atoms with Gasteiger partial charge in [0.2, 0.25) is 0 Å². The summed E-state index contributed by atoms with van der Waals surface area (Å²) in [6.45, 7) is 2.91. The number of rotatable bonds is 14. The van der Waals surface area contributed by atoms with Crippen LogP contribution in [-0.2, 0) is 11.3 Å². The van der Waals surface area contributed by atoms with Crippen molar-refractivity contribution in [3.8, 4) is 11.1 Å². The Morgan fingerprint density at radius 3 is 2.12 bits per heavy atom. The lowest BCUT2D eigenvalue weighted by Crippen LogP contribution is -2.41. The van der Waals surface area contributed by atoms with Crippen molar-refractivity contribution in [2.45, 2.75) is 109 Å². The molecule has 2 aromatic carbocycles. The van der Waals surface area contributed by atoms with Crippen LogP contribution >= 0.6 is 11.8 Å². The fraction of sp³-hybridized carbons (Fsp3) is 0.611. The summed E-state index contributed by atoms with van der Waals surface area (Å²) in [6.07, 6.45) is 18.8. The lowest BCUT2D eigenvalue weighted by atomic mass is 9.79. The number of aliphatic carboxylic acids is 1. The van der Waals surface area contributed by atoms with Gasteiger partial charge < -0.3 is 10.4 Å². The third kappa shape index (κ3) is 9.34. The van der Waals surface area contributed by atoms with Crippen molar-refractivity contribution in [3.05, 3.63) is 59.2 Å². The molecular weight excluding hydrogens is 540 g/mol. The highest BCUT2D eigenvalue weighted by molar-refractivity contribution is 7.98. The summed E-state index contributed by atoms with van der Waals surface area (Å²) >= 11 is 1.58. The van der Waals surface area contributed by atoms with Crippen molar-refractivity contribution in [2.24, 2.45) is 11.8 Å². The fourth-order valence-corrected chi connectivity index (χ4v) is 7.67. The second kappa shape index (κ2) is 16.5. The number of carboxylic acid groups (broad SMARTS) is 1. The van der Waals surface area contributed by atoms with E-state index in [0.29, 0.717) is 23.8 Å². The highest BCUT2D eigenvalue weighted by Crippen LogP contribution is 2.35. The lowest BCUT2D eigenvalue weighted by molar-refractivity contribution is -0.139. The van der Waals surface area contributed by atoms with Gasteiger partial charge in [-0.15, -0.1) is 0 Å². The molecule has 1 atom stereocenters.